The van der Waals surface area contributed by atoms with Crippen molar-refractivity contribution < 1.29 is 5.11 Å². The molecule has 5 heteroatoms. The SMILES string of the molecule is OC(Cc1sccc1Br)c1cc(I)ccc1Br. The van der Waals surface area contributed by atoms with Crippen molar-refractivity contribution in [2.24, 2.45) is 0 Å². The fourth-order valence-corrected chi connectivity index (χ4v) is 4.10. The molecule has 1 N–H and O–H groups in total. The molecule has 1 nitrogen and oxygen atoms in total. The van der Waals surface area contributed by atoms with E-state index in [1.54, 1.807) is 11.3 Å². The number of aliphatic hydroxyl groups excluding tert-OH is 1. The molecular formula is C12H9Br2IOS. The average Bonchev–Trinajstić information content (AvgIpc) is 2.68. The van der Waals surface area contributed by atoms with Crippen LogP contribution < -0.4 is 0 Å². The second-order valence-electron chi connectivity index (χ2n) is 3.58. The van der Waals surface area contributed by atoms with Crippen molar-refractivity contribution in [1.82, 2.24) is 0 Å². The van der Waals surface area contributed by atoms with E-state index in [2.05, 4.69) is 54.5 Å². The summed E-state index contributed by atoms with van der Waals surface area (Å²) in [4.78, 5) is 1.17. The Morgan fingerprint density at radius 1 is 1.24 bits per heavy atom. The predicted molar refractivity (Wildman–Crippen MR) is 87.5 cm³/mol. The molecule has 0 aliphatic heterocycles. The molecule has 1 atom stereocenters. The molecule has 0 aliphatic rings. The normalized spacial score (nSPS) is 12.7. The van der Waals surface area contributed by atoms with Crippen LogP contribution in [0, 0.1) is 3.57 Å². The first-order valence-electron chi connectivity index (χ1n) is 4.93. The van der Waals surface area contributed by atoms with Crippen LogP contribution in [0.1, 0.15) is 16.5 Å². The molecule has 0 fully saturated rings. The Bertz CT molecular complexity index is 527. The smallest absolute Gasteiger partial charge is 0.0849 e. The summed E-state index contributed by atoms with van der Waals surface area (Å²) in [7, 11) is 0. The summed E-state index contributed by atoms with van der Waals surface area (Å²) in [5.74, 6) is 0. The third-order valence-corrected chi connectivity index (χ3v) is 5.73. The minimum atomic E-state index is -0.478. The Morgan fingerprint density at radius 3 is 2.65 bits per heavy atom. The van der Waals surface area contributed by atoms with E-state index in [0.717, 1.165) is 18.1 Å². The summed E-state index contributed by atoms with van der Waals surface area (Å²) < 4.78 is 3.16. The maximum Gasteiger partial charge on any atom is 0.0849 e. The molecule has 0 spiro atoms. The number of rotatable bonds is 3. The maximum absolute atomic E-state index is 10.3. The number of thiophene rings is 1. The van der Waals surface area contributed by atoms with Gasteiger partial charge in [-0.3, -0.25) is 0 Å². The lowest BCUT2D eigenvalue weighted by Gasteiger charge is -2.12. The summed E-state index contributed by atoms with van der Waals surface area (Å²) in [6, 6.07) is 8.01. The van der Waals surface area contributed by atoms with E-state index in [1.807, 2.05) is 29.6 Å². The molecular weight excluding hydrogens is 479 g/mol. The van der Waals surface area contributed by atoms with E-state index in [4.69, 9.17) is 0 Å². The van der Waals surface area contributed by atoms with Gasteiger partial charge in [0.25, 0.3) is 0 Å². The molecule has 0 aliphatic carbocycles. The molecule has 2 aromatic rings. The van der Waals surface area contributed by atoms with E-state index >= 15 is 0 Å². The van der Waals surface area contributed by atoms with Gasteiger partial charge in [-0.15, -0.1) is 11.3 Å². The van der Waals surface area contributed by atoms with Gasteiger partial charge in [0.1, 0.15) is 0 Å². The summed E-state index contributed by atoms with van der Waals surface area (Å²) in [6.07, 6.45) is 0.158. The van der Waals surface area contributed by atoms with Crippen LogP contribution in [0.2, 0.25) is 0 Å². The first kappa shape index (κ1) is 14.0. The van der Waals surface area contributed by atoms with E-state index in [0.29, 0.717) is 6.42 Å². The van der Waals surface area contributed by atoms with Crippen molar-refractivity contribution in [2.45, 2.75) is 12.5 Å². The van der Waals surface area contributed by atoms with Gasteiger partial charge in [0.15, 0.2) is 0 Å². The van der Waals surface area contributed by atoms with Crippen molar-refractivity contribution in [3.8, 4) is 0 Å². The largest absolute Gasteiger partial charge is 0.388 e. The van der Waals surface area contributed by atoms with E-state index in [9.17, 15) is 5.11 Å². The third kappa shape index (κ3) is 3.53. The van der Waals surface area contributed by atoms with Crippen molar-refractivity contribution in [3.63, 3.8) is 0 Å². The minimum absolute atomic E-state index is 0.478. The molecule has 0 saturated carbocycles. The van der Waals surface area contributed by atoms with Gasteiger partial charge in [0.2, 0.25) is 0 Å². The average molecular weight is 488 g/mol. The maximum atomic E-state index is 10.3. The van der Waals surface area contributed by atoms with E-state index < -0.39 is 6.10 Å². The van der Waals surface area contributed by atoms with Gasteiger partial charge in [0.05, 0.1) is 6.10 Å². The lowest BCUT2D eigenvalue weighted by molar-refractivity contribution is 0.178. The van der Waals surface area contributed by atoms with E-state index in [1.165, 1.54) is 4.88 Å². The van der Waals surface area contributed by atoms with Crippen LogP contribution in [0.4, 0.5) is 0 Å². The second kappa shape index (κ2) is 6.14. The monoisotopic (exact) mass is 486 g/mol. The number of hydrogen-bond donors (Lipinski definition) is 1. The van der Waals surface area contributed by atoms with Crippen molar-refractivity contribution >= 4 is 65.8 Å². The zero-order valence-electron chi connectivity index (χ0n) is 8.66. The van der Waals surface area contributed by atoms with Crippen LogP contribution in [0.5, 0.6) is 0 Å². The zero-order valence-corrected chi connectivity index (χ0v) is 14.8. The van der Waals surface area contributed by atoms with Gasteiger partial charge < -0.3 is 5.11 Å². The molecule has 1 heterocycles. The summed E-state index contributed by atoms with van der Waals surface area (Å²) in [6.45, 7) is 0. The predicted octanol–water partition coefficient (Wildman–Crippen LogP) is 5.15. The highest BCUT2D eigenvalue weighted by Gasteiger charge is 2.14. The molecule has 0 amide bonds. The molecule has 1 aromatic heterocycles. The minimum Gasteiger partial charge on any atom is -0.388 e. The molecule has 1 unspecified atom stereocenters. The Labute approximate surface area is 135 Å². The van der Waals surface area contributed by atoms with Gasteiger partial charge in [-0.25, -0.2) is 0 Å². The molecule has 17 heavy (non-hydrogen) atoms. The summed E-state index contributed by atoms with van der Waals surface area (Å²) >= 11 is 10.9. The van der Waals surface area contributed by atoms with Crippen LogP contribution in [0.25, 0.3) is 0 Å². The van der Waals surface area contributed by atoms with Gasteiger partial charge in [-0.2, -0.15) is 0 Å². The van der Waals surface area contributed by atoms with Crippen LogP contribution >= 0.6 is 65.8 Å². The fraction of sp³-hybridized carbons (Fsp3) is 0.167. The topological polar surface area (TPSA) is 20.2 Å². The number of halogens is 3. The Morgan fingerprint density at radius 2 is 2.00 bits per heavy atom. The van der Waals surface area contributed by atoms with Gasteiger partial charge >= 0.3 is 0 Å². The number of aliphatic hydroxyl groups is 1. The lowest BCUT2D eigenvalue weighted by Crippen LogP contribution is -2.02. The quantitative estimate of drug-likeness (QED) is 0.593. The summed E-state index contributed by atoms with van der Waals surface area (Å²) in [5.41, 5.74) is 0.942. The number of hydrogen-bond acceptors (Lipinski definition) is 2. The summed E-state index contributed by atoms with van der Waals surface area (Å²) in [5, 5.41) is 12.3. The van der Waals surface area contributed by atoms with Crippen molar-refractivity contribution in [2.75, 3.05) is 0 Å². The molecule has 2 rings (SSSR count). The van der Waals surface area contributed by atoms with Crippen LogP contribution in [0.3, 0.4) is 0 Å². The highest BCUT2D eigenvalue weighted by molar-refractivity contribution is 14.1. The van der Waals surface area contributed by atoms with Gasteiger partial charge in [-0.05, 0) is 73.7 Å². The van der Waals surface area contributed by atoms with Crippen molar-refractivity contribution in [3.05, 3.63) is 52.6 Å². The fourth-order valence-electron chi connectivity index (χ4n) is 1.53. The van der Waals surface area contributed by atoms with Gasteiger partial charge in [0, 0.05) is 23.8 Å². The van der Waals surface area contributed by atoms with Crippen molar-refractivity contribution in [1.29, 1.82) is 0 Å². The molecule has 90 valence electrons. The Balaban J connectivity index is 2.23. The highest BCUT2D eigenvalue weighted by Crippen LogP contribution is 2.31. The molecule has 0 radical (unpaired) electrons. The molecule has 0 bridgehead atoms. The number of benzene rings is 1. The highest BCUT2D eigenvalue weighted by atomic mass is 127. The van der Waals surface area contributed by atoms with E-state index in [-0.39, 0.29) is 0 Å². The first-order valence-corrected chi connectivity index (χ1v) is 8.47. The first-order chi connectivity index (χ1) is 8.08. The van der Waals surface area contributed by atoms with Gasteiger partial charge in [-0.1, -0.05) is 15.9 Å². The standard InChI is InChI=1S/C12H9Br2IOS/c13-9-2-1-7(15)5-8(9)11(16)6-12-10(14)3-4-17-12/h1-5,11,16H,6H2. The molecule has 0 saturated heterocycles. The Hall–Kier alpha value is 0.570. The van der Waals surface area contributed by atoms with Crippen LogP contribution in [0.15, 0.2) is 38.6 Å². The Kier molecular flexibility index (Phi) is 5.06. The lowest BCUT2D eigenvalue weighted by atomic mass is 10.1. The third-order valence-electron chi connectivity index (χ3n) is 2.39. The van der Waals surface area contributed by atoms with Crippen LogP contribution in [-0.4, -0.2) is 5.11 Å². The zero-order chi connectivity index (χ0) is 12.4. The van der Waals surface area contributed by atoms with Crippen LogP contribution in [-0.2, 0) is 6.42 Å². The molecule has 1 aromatic carbocycles. The second-order valence-corrected chi connectivity index (χ2v) is 7.53.